The Balaban J connectivity index is 2.25. The minimum Gasteiger partial charge on any atom is -0.441 e. The second kappa shape index (κ2) is 2.21. The summed E-state index contributed by atoms with van der Waals surface area (Å²) in [6.07, 6.45) is -0.249. The van der Waals surface area contributed by atoms with Crippen LogP contribution >= 0.6 is 0 Å². The number of hydrogen-bond acceptors (Lipinski definition) is 3. The summed E-state index contributed by atoms with van der Waals surface area (Å²) in [6, 6.07) is 0. The predicted molar refractivity (Wildman–Crippen MR) is 44.1 cm³/mol. The zero-order valence-electron chi connectivity index (χ0n) is 7.33. The molecule has 4 heteroatoms. The third-order valence-electron chi connectivity index (χ3n) is 2.13. The minimum absolute atomic E-state index is 0.0901. The van der Waals surface area contributed by atoms with E-state index in [0.717, 1.165) is 18.9 Å². The van der Waals surface area contributed by atoms with Crippen LogP contribution in [0.4, 0.5) is 4.79 Å². The first-order valence-electron chi connectivity index (χ1n) is 4.06. The van der Waals surface area contributed by atoms with Gasteiger partial charge in [-0.1, -0.05) is 13.8 Å². The molecule has 2 aliphatic rings. The Morgan fingerprint density at radius 2 is 2.33 bits per heavy atom. The van der Waals surface area contributed by atoms with E-state index in [1.807, 2.05) is 0 Å². The van der Waals surface area contributed by atoms with Crippen molar-refractivity contribution in [3.05, 3.63) is 0 Å². The summed E-state index contributed by atoms with van der Waals surface area (Å²) in [5.41, 5.74) is 0.0901. The van der Waals surface area contributed by atoms with Gasteiger partial charge in [0.05, 0.1) is 0 Å². The highest BCUT2D eigenvalue weighted by Crippen LogP contribution is 2.25. The number of nitrogens with zero attached hydrogens (tertiary/aromatic N) is 2. The van der Waals surface area contributed by atoms with Crippen molar-refractivity contribution in [2.24, 2.45) is 10.4 Å². The fourth-order valence-electron chi connectivity index (χ4n) is 1.46. The van der Waals surface area contributed by atoms with E-state index in [4.69, 9.17) is 4.74 Å². The predicted octanol–water partition coefficient (Wildman–Crippen LogP) is 0.877. The lowest BCUT2D eigenvalue weighted by Crippen LogP contribution is -2.43. The molecule has 2 aliphatic heterocycles. The van der Waals surface area contributed by atoms with Crippen molar-refractivity contribution in [1.29, 1.82) is 0 Å². The number of rotatable bonds is 0. The fourth-order valence-corrected chi connectivity index (χ4v) is 1.46. The number of carbonyl (C=O) groups excluding carboxylic acids is 1. The van der Waals surface area contributed by atoms with Crippen molar-refractivity contribution in [3.8, 4) is 0 Å². The van der Waals surface area contributed by atoms with E-state index in [9.17, 15) is 4.79 Å². The molecule has 1 amide bonds. The van der Waals surface area contributed by atoms with Gasteiger partial charge in [-0.05, 0) is 0 Å². The van der Waals surface area contributed by atoms with E-state index in [1.54, 1.807) is 4.90 Å². The van der Waals surface area contributed by atoms with Crippen LogP contribution in [-0.2, 0) is 4.74 Å². The van der Waals surface area contributed by atoms with E-state index in [1.165, 1.54) is 0 Å². The number of cyclic esters (lactones) is 1. The first kappa shape index (κ1) is 7.58. The second-order valence-corrected chi connectivity index (χ2v) is 4.04. The van der Waals surface area contributed by atoms with Crippen LogP contribution in [0.3, 0.4) is 0 Å². The molecule has 0 spiro atoms. The average molecular weight is 168 g/mol. The van der Waals surface area contributed by atoms with Crippen LogP contribution in [0.1, 0.15) is 13.8 Å². The molecule has 1 fully saturated rings. The van der Waals surface area contributed by atoms with E-state index in [0.29, 0.717) is 6.61 Å². The standard InChI is InChI=1S/C8H12N2O2/c1-8(2)4-9-6-3-12-7(11)10(6)5-8/h3-5H2,1-2H3. The first-order chi connectivity index (χ1) is 5.58. The lowest BCUT2D eigenvalue weighted by atomic mass is 9.92. The summed E-state index contributed by atoms with van der Waals surface area (Å²) in [5.74, 6) is 0.791. The molecule has 4 nitrogen and oxygen atoms in total. The highest BCUT2D eigenvalue weighted by molar-refractivity contribution is 6.01. The number of ether oxygens (including phenoxy) is 1. The highest BCUT2D eigenvalue weighted by atomic mass is 16.6. The molecule has 0 saturated carbocycles. The third kappa shape index (κ3) is 1.07. The van der Waals surface area contributed by atoms with Crippen LogP contribution in [-0.4, -0.2) is 36.5 Å². The average Bonchev–Trinajstić information content (AvgIpc) is 2.31. The molecule has 2 heterocycles. The Hall–Kier alpha value is -1.06. The van der Waals surface area contributed by atoms with E-state index >= 15 is 0 Å². The fraction of sp³-hybridized carbons (Fsp3) is 0.750. The summed E-state index contributed by atoms with van der Waals surface area (Å²) < 4.78 is 4.85. The van der Waals surface area contributed by atoms with Gasteiger partial charge in [0, 0.05) is 18.5 Å². The van der Waals surface area contributed by atoms with Crippen molar-refractivity contribution in [2.45, 2.75) is 13.8 Å². The Morgan fingerprint density at radius 3 is 3.08 bits per heavy atom. The summed E-state index contributed by atoms with van der Waals surface area (Å²) in [5, 5.41) is 0. The van der Waals surface area contributed by atoms with Crippen LogP contribution in [0, 0.1) is 5.41 Å². The molecule has 0 aliphatic carbocycles. The molecular formula is C8H12N2O2. The summed E-state index contributed by atoms with van der Waals surface area (Å²) in [7, 11) is 0. The molecule has 0 aromatic rings. The van der Waals surface area contributed by atoms with E-state index in [2.05, 4.69) is 18.8 Å². The molecule has 0 unspecified atom stereocenters. The maximum Gasteiger partial charge on any atom is 0.415 e. The molecule has 2 rings (SSSR count). The van der Waals surface area contributed by atoms with Crippen molar-refractivity contribution in [1.82, 2.24) is 4.90 Å². The number of amidine groups is 1. The van der Waals surface area contributed by atoms with Gasteiger partial charge in [0.1, 0.15) is 5.84 Å². The second-order valence-electron chi connectivity index (χ2n) is 4.04. The quantitative estimate of drug-likeness (QED) is 0.538. The van der Waals surface area contributed by atoms with Crippen molar-refractivity contribution in [3.63, 3.8) is 0 Å². The van der Waals surface area contributed by atoms with Crippen molar-refractivity contribution < 1.29 is 9.53 Å². The topological polar surface area (TPSA) is 41.9 Å². The Kier molecular flexibility index (Phi) is 1.40. The maximum atomic E-state index is 11.1. The lowest BCUT2D eigenvalue weighted by Gasteiger charge is -2.31. The van der Waals surface area contributed by atoms with Gasteiger partial charge in [0.2, 0.25) is 0 Å². The van der Waals surface area contributed by atoms with E-state index < -0.39 is 0 Å². The molecule has 0 aromatic carbocycles. The van der Waals surface area contributed by atoms with Gasteiger partial charge in [-0.3, -0.25) is 9.89 Å². The van der Waals surface area contributed by atoms with Crippen molar-refractivity contribution in [2.75, 3.05) is 19.7 Å². The number of fused-ring (bicyclic) bond motifs is 1. The van der Waals surface area contributed by atoms with Gasteiger partial charge in [-0.25, -0.2) is 4.79 Å². The zero-order chi connectivity index (χ0) is 8.77. The van der Waals surface area contributed by atoms with Gasteiger partial charge < -0.3 is 4.74 Å². The van der Waals surface area contributed by atoms with Gasteiger partial charge in [-0.15, -0.1) is 0 Å². The van der Waals surface area contributed by atoms with Gasteiger partial charge in [0.25, 0.3) is 0 Å². The molecule has 12 heavy (non-hydrogen) atoms. The van der Waals surface area contributed by atoms with Crippen LogP contribution in [0.5, 0.6) is 0 Å². The molecular weight excluding hydrogens is 156 g/mol. The number of hydrogen-bond donors (Lipinski definition) is 0. The number of amides is 1. The molecule has 0 N–H and O–H groups in total. The van der Waals surface area contributed by atoms with E-state index in [-0.39, 0.29) is 11.5 Å². The highest BCUT2D eigenvalue weighted by Gasteiger charge is 2.37. The SMILES string of the molecule is CC1(C)CN=C2COC(=O)N2C1. The van der Waals surface area contributed by atoms with Crippen LogP contribution in [0.2, 0.25) is 0 Å². The smallest absolute Gasteiger partial charge is 0.415 e. The van der Waals surface area contributed by atoms with Crippen LogP contribution in [0.25, 0.3) is 0 Å². The lowest BCUT2D eigenvalue weighted by molar-refractivity contribution is 0.148. The summed E-state index contributed by atoms with van der Waals surface area (Å²) in [6.45, 7) is 6.06. The summed E-state index contributed by atoms with van der Waals surface area (Å²) >= 11 is 0. The Morgan fingerprint density at radius 1 is 1.58 bits per heavy atom. The summed E-state index contributed by atoms with van der Waals surface area (Å²) in [4.78, 5) is 17.0. The van der Waals surface area contributed by atoms with Crippen LogP contribution in [0.15, 0.2) is 4.99 Å². The molecule has 66 valence electrons. The Bertz CT molecular complexity index is 258. The largest absolute Gasteiger partial charge is 0.441 e. The van der Waals surface area contributed by atoms with Gasteiger partial charge >= 0.3 is 6.09 Å². The minimum atomic E-state index is -0.249. The number of aliphatic imine (C=N–C) groups is 1. The molecule has 0 aromatic heterocycles. The molecule has 0 bridgehead atoms. The van der Waals surface area contributed by atoms with Crippen LogP contribution < -0.4 is 0 Å². The van der Waals surface area contributed by atoms with Gasteiger partial charge in [-0.2, -0.15) is 0 Å². The first-order valence-corrected chi connectivity index (χ1v) is 4.06. The van der Waals surface area contributed by atoms with Crippen molar-refractivity contribution >= 4 is 11.9 Å². The normalized spacial score (nSPS) is 26.3. The third-order valence-corrected chi connectivity index (χ3v) is 2.13. The molecule has 0 radical (unpaired) electrons. The van der Waals surface area contributed by atoms with Gasteiger partial charge in [0.15, 0.2) is 6.61 Å². The number of carbonyl (C=O) groups is 1. The zero-order valence-corrected chi connectivity index (χ0v) is 7.33. The maximum absolute atomic E-state index is 11.1. The molecule has 1 saturated heterocycles. The Labute approximate surface area is 71.2 Å². The monoisotopic (exact) mass is 168 g/mol. The molecule has 0 atom stereocenters.